The SMILES string of the molecule is CC(Cl)CCCNS(=O)(=O)C1CCCC1. The van der Waals surface area contributed by atoms with Gasteiger partial charge < -0.3 is 0 Å². The van der Waals surface area contributed by atoms with Crippen LogP contribution in [0, 0.1) is 0 Å². The van der Waals surface area contributed by atoms with Crippen LogP contribution < -0.4 is 4.72 Å². The van der Waals surface area contributed by atoms with Crippen LogP contribution in [0.4, 0.5) is 0 Å². The van der Waals surface area contributed by atoms with E-state index in [1.165, 1.54) is 0 Å². The van der Waals surface area contributed by atoms with Crippen molar-refractivity contribution in [2.75, 3.05) is 6.54 Å². The maximum absolute atomic E-state index is 11.7. The van der Waals surface area contributed by atoms with Gasteiger partial charge in [-0.25, -0.2) is 13.1 Å². The number of hydrogen-bond acceptors (Lipinski definition) is 2. The molecule has 15 heavy (non-hydrogen) atoms. The van der Waals surface area contributed by atoms with Crippen molar-refractivity contribution in [2.24, 2.45) is 0 Å². The van der Waals surface area contributed by atoms with E-state index in [2.05, 4.69) is 4.72 Å². The van der Waals surface area contributed by atoms with Crippen LogP contribution in [0.1, 0.15) is 45.4 Å². The van der Waals surface area contributed by atoms with Crippen molar-refractivity contribution in [1.29, 1.82) is 0 Å². The number of rotatable bonds is 6. The van der Waals surface area contributed by atoms with Crippen molar-refractivity contribution in [3.63, 3.8) is 0 Å². The second-order valence-electron chi connectivity index (χ2n) is 4.27. The lowest BCUT2D eigenvalue weighted by molar-refractivity contribution is 0.560. The zero-order chi connectivity index (χ0) is 11.3. The van der Waals surface area contributed by atoms with E-state index in [4.69, 9.17) is 11.6 Å². The zero-order valence-electron chi connectivity index (χ0n) is 9.21. The van der Waals surface area contributed by atoms with Gasteiger partial charge in [0.05, 0.1) is 5.25 Å². The van der Waals surface area contributed by atoms with Gasteiger partial charge in [0, 0.05) is 11.9 Å². The fraction of sp³-hybridized carbons (Fsp3) is 1.00. The molecule has 1 saturated carbocycles. The Morgan fingerprint density at radius 1 is 1.40 bits per heavy atom. The van der Waals surface area contributed by atoms with Crippen LogP contribution in [0.2, 0.25) is 0 Å². The lowest BCUT2D eigenvalue weighted by Crippen LogP contribution is -2.33. The third-order valence-electron chi connectivity index (χ3n) is 2.82. The molecule has 90 valence electrons. The minimum atomic E-state index is -3.05. The van der Waals surface area contributed by atoms with Crippen LogP contribution in [0.25, 0.3) is 0 Å². The molecule has 1 rings (SSSR count). The highest BCUT2D eigenvalue weighted by Crippen LogP contribution is 2.23. The first-order valence-electron chi connectivity index (χ1n) is 5.65. The highest BCUT2D eigenvalue weighted by Gasteiger charge is 2.27. The Morgan fingerprint density at radius 3 is 2.53 bits per heavy atom. The van der Waals surface area contributed by atoms with Crippen molar-refractivity contribution < 1.29 is 8.42 Å². The summed E-state index contributed by atoms with van der Waals surface area (Å²) in [5.41, 5.74) is 0. The highest BCUT2D eigenvalue weighted by atomic mass is 35.5. The van der Waals surface area contributed by atoms with Crippen LogP contribution >= 0.6 is 11.6 Å². The molecule has 0 radical (unpaired) electrons. The molecule has 0 bridgehead atoms. The third-order valence-corrected chi connectivity index (χ3v) is 5.00. The largest absolute Gasteiger partial charge is 0.215 e. The summed E-state index contributed by atoms with van der Waals surface area (Å²) in [6.07, 6.45) is 5.41. The number of nitrogens with one attached hydrogen (secondary N) is 1. The van der Waals surface area contributed by atoms with Crippen molar-refractivity contribution >= 4 is 21.6 Å². The molecule has 0 aromatic carbocycles. The quantitative estimate of drug-likeness (QED) is 0.583. The average molecular weight is 254 g/mol. The number of hydrogen-bond donors (Lipinski definition) is 1. The smallest absolute Gasteiger partial charge is 0.214 e. The van der Waals surface area contributed by atoms with Crippen molar-refractivity contribution in [3.8, 4) is 0 Å². The second kappa shape index (κ2) is 6.06. The van der Waals surface area contributed by atoms with E-state index in [-0.39, 0.29) is 10.6 Å². The summed E-state index contributed by atoms with van der Waals surface area (Å²) in [7, 11) is -3.05. The molecule has 1 aliphatic carbocycles. The molecule has 0 aromatic heterocycles. The summed E-state index contributed by atoms with van der Waals surface area (Å²) in [5, 5.41) is -0.0214. The Bertz CT molecular complexity index is 271. The van der Waals surface area contributed by atoms with Crippen LogP contribution in [0.5, 0.6) is 0 Å². The fourth-order valence-electron chi connectivity index (χ4n) is 1.91. The van der Waals surface area contributed by atoms with Gasteiger partial charge >= 0.3 is 0 Å². The van der Waals surface area contributed by atoms with E-state index >= 15 is 0 Å². The van der Waals surface area contributed by atoms with Gasteiger partial charge in [-0.15, -0.1) is 11.6 Å². The van der Waals surface area contributed by atoms with Gasteiger partial charge in [-0.05, 0) is 32.6 Å². The summed E-state index contributed by atoms with van der Waals surface area (Å²) in [4.78, 5) is 0. The monoisotopic (exact) mass is 253 g/mol. The molecular formula is C10H20ClNO2S. The number of halogens is 1. The minimum Gasteiger partial charge on any atom is -0.215 e. The van der Waals surface area contributed by atoms with Gasteiger partial charge in [0.15, 0.2) is 0 Å². The van der Waals surface area contributed by atoms with E-state index in [1.54, 1.807) is 0 Å². The lowest BCUT2D eigenvalue weighted by Gasteiger charge is -2.12. The predicted molar refractivity (Wildman–Crippen MR) is 63.7 cm³/mol. The Labute approximate surface area is 97.6 Å². The normalized spacial score (nSPS) is 20.7. The minimum absolute atomic E-state index is 0.126. The molecule has 0 amide bonds. The summed E-state index contributed by atoms with van der Waals surface area (Å²) in [5.74, 6) is 0. The summed E-state index contributed by atoms with van der Waals surface area (Å²) in [6.45, 7) is 2.45. The van der Waals surface area contributed by atoms with Crippen LogP contribution in [-0.2, 0) is 10.0 Å². The first-order chi connectivity index (χ1) is 7.02. The van der Waals surface area contributed by atoms with Crippen molar-refractivity contribution in [1.82, 2.24) is 4.72 Å². The van der Waals surface area contributed by atoms with Gasteiger partial charge in [-0.1, -0.05) is 12.8 Å². The molecule has 1 atom stereocenters. The predicted octanol–water partition coefficient (Wildman–Crippen LogP) is 2.26. The Morgan fingerprint density at radius 2 is 2.00 bits per heavy atom. The first-order valence-corrected chi connectivity index (χ1v) is 7.63. The number of sulfonamides is 1. The van der Waals surface area contributed by atoms with Gasteiger partial charge in [0.1, 0.15) is 0 Å². The summed E-state index contributed by atoms with van der Waals surface area (Å²) < 4.78 is 26.1. The van der Waals surface area contributed by atoms with E-state index in [0.29, 0.717) is 6.54 Å². The molecule has 0 heterocycles. The first kappa shape index (κ1) is 13.3. The Balaban J connectivity index is 2.24. The van der Waals surface area contributed by atoms with Gasteiger partial charge in [-0.2, -0.15) is 0 Å². The molecule has 0 aliphatic heterocycles. The fourth-order valence-corrected chi connectivity index (χ4v) is 3.69. The van der Waals surface area contributed by atoms with Gasteiger partial charge in [0.25, 0.3) is 0 Å². The molecule has 0 spiro atoms. The molecule has 1 N–H and O–H groups in total. The van der Waals surface area contributed by atoms with Gasteiger partial charge in [0.2, 0.25) is 10.0 Å². The van der Waals surface area contributed by atoms with E-state index in [9.17, 15) is 8.42 Å². The zero-order valence-corrected chi connectivity index (χ0v) is 10.8. The van der Waals surface area contributed by atoms with E-state index in [0.717, 1.165) is 38.5 Å². The third kappa shape index (κ3) is 4.70. The molecule has 1 fully saturated rings. The highest BCUT2D eigenvalue weighted by molar-refractivity contribution is 7.90. The summed E-state index contributed by atoms with van der Waals surface area (Å²) >= 11 is 5.78. The van der Waals surface area contributed by atoms with Crippen molar-refractivity contribution in [3.05, 3.63) is 0 Å². The molecule has 3 nitrogen and oxygen atoms in total. The molecule has 5 heteroatoms. The summed E-state index contributed by atoms with van der Waals surface area (Å²) in [6, 6.07) is 0. The molecule has 0 saturated heterocycles. The Kier molecular flexibility index (Phi) is 5.36. The molecule has 1 unspecified atom stereocenters. The maximum atomic E-state index is 11.7. The van der Waals surface area contributed by atoms with Crippen LogP contribution in [-0.4, -0.2) is 25.6 Å². The molecular weight excluding hydrogens is 234 g/mol. The molecule has 0 aromatic rings. The van der Waals surface area contributed by atoms with Gasteiger partial charge in [-0.3, -0.25) is 0 Å². The number of alkyl halides is 1. The maximum Gasteiger partial charge on any atom is 0.214 e. The van der Waals surface area contributed by atoms with E-state index < -0.39 is 10.0 Å². The van der Waals surface area contributed by atoms with Crippen LogP contribution in [0.3, 0.4) is 0 Å². The van der Waals surface area contributed by atoms with Crippen LogP contribution in [0.15, 0.2) is 0 Å². The molecule has 1 aliphatic rings. The van der Waals surface area contributed by atoms with E-state index in [1.807, 2.05) is 6.92 Å². The second-order valence-corrected chi connectivity index (χ2v) is 7.06. The Hall–Kier alpha value is 0.200. The standard InChI is InChI=1S/C10H20ClNO2S/c1-9(11)5-4-8-12-15(13,14)10-6-2-3-7-10/h9-10,12H,2-8H2,1H3. The van der Waals surface area contributed by atoms with Crippen molar-refractivity contribution in [2.45, 2.75) is 56.1 Å². The topological polar surface area (TPSA) is 46.2 Å². The average Bonchev–Trinajstić information content (AvgIpc) is 2.65. The lowest BCUT2D eigenvalue weighted by atomic mass is 10.2.